The molecular formula is C17H28N6O2. The molecule has 0 radical (unpaired) electrons. The number of nitrogens with one attached hydrogen (secondary N) is 1. The van der Waals surface area contributed by atoms with Crippen LogP contribution < -0.4 is 5.32 Å². The summed E-state index contributed by atoms with van der Waals surface area (Å²) in [6.07, 6.45) is 2.37. The van der Waals surface area contributed by atoms with Gasteiger partial charge in [0.1, 0.15) is 12.3 Å². The molecule has 1 aliphatic heterocycles. The molecule has 1 amide bonds. The molecule has 138 valence electrons. The fourth-order valence-electron chi connectivity index (χ4n) is 2.77. The summed E-state index contributed by atoms with van der Waals surface area (Å²) in [6.45, 7) is 6.60. The lowest BCUT2D eigenvalue weighted by molar-refractivity contribution is -0.127. The predicted octanol–water partition coefficient (Wildman–Crippen LogP) is 0.297. The van der Waals surface area contributed by atoms with Crippen LogP contribution in [0.25, 0.3) is 0 Å². The molecule has 1 N–H and O–H groups in total. The number of amides is 1. The molecule has 0 unspecified atom stereocenters. The Balaban J connectivity index is 1.53. The van der Waals surface area contributed by atoms with Crippen LogP contribution in [0.15, 0.2) is 15.6 Å². The minimum absolute atomic E-state index is 0.0233. The van der Waals surface area contributed by atoms with Crippen molar-refractivity contribution in [1.29, 1.82) is 0 Å². The quantitative estimate of drug-likeness (QED) is 0.609. The third kappa shape index (κ3) is 5.19. The van der Waals surface area contributed by atoms with Gasteiger partial charge in [-0.15, -0.1) is 0 Å². The van der Waals surface area contributed by atoms with Gasteiger partial charge in [-0.2, -0.15) is 0 Å². The van der Waals surface area contributed by atoms with Gasteiger partial charge in [-0.3, -0.25) is 9.69 Å². The van der Waals surface area contributed by atoms with Crippen molar-refractivity contribution in [3.05, 3.63) is 17.5 Å². The van der Waals surface area contributed by atoms with E-state index in [4.69, 9.17) is 4.52 Å². The highest BCUT2D eigenvalue weighted by atomic mass is 16.5. The van der Waals surface area contributed by atoms with E-state index in [2.05, 4.69) is 25.3 Å². The first-order chi connectivity index (χ1) is 12.0. The van der Waals surface area contributed by atoms with Crippen molar-refractivity contribution in [2.75, 3.05) is 46.8 Å². The summed E-state index contributed by atoms with van der Waals surface area (Å²) in [5.74, 6) is 1.74. The number of aryl methyl sites for hydroxylation is 1. The van der Waals surface area contributed by atoms with Crippen LogP contribution in [0.4, 0.5) is 0 Å². The normalized spacial score (nSPS) is 19.2. The maximum absolute atomic E-state index is 11.8. The van der Waals surface area contributed by atoms with Gasteiger partial charge in [0.05, 0.1) is 5.69 Å². The number of hydrogen-bond acceptors (Lipinski definition) is 5. The zero-order chi connectivity index (χ0) is 17.8. The van der Waals surface area contributed by atoms with E-state index in [1.165, 1.54) is 12.8 Å². The molecule has 1 aliphatic carbocycles. The van der Waals surface area contributed by atoms with Crippen LogP contribution in [-0.4, -0.2) is 84.6 Å². The Kier molecular flexibility index (Phi) is 5.57. The summed E-state index contributed by atoms with van der Waals surface area (Å²) >= 11 is 0. The number of aromatic nitrogens is 1. The highest BCUT2D eigenvalue weighted by Gasteiger charge is 2.27. The molecule has 1 saturated carbocycles. The number of nitrogens with zero attached hydrogens (tertiary/aromatic N) is 5. The second-order valence-electron chi connectivity index (χ2n) is 7.04. The second-order valence-corrected chi connectivity index (χ2v) is 7.04. The van der Waals surface area contributed by atoms with Gasteiger partial charge in [0.15, 0.2) is 5.96 Å². The van der Waals surface area contributed by atoms with E-state index in [1.807, 2.05) is 13.0 Å². The van der Waals surface area contributed by atoms with Crippen molar-refractivity contribution < 1.29 is 9.32 Å². The van der Waals surface area contributed by atoms with Crippen LogP contribution in [0, 0.1) is 6.92 Å². The minimum atomic E-state index is 0.0233. The molecule has 2 fully saturated rings. The fraction of sp³-hybridized carbons (Fsp3) is 0.706. The van der Waals surface area contributed by atoms with Gasteiger partial charge in [-0.25, -0.2) is 4.99 Å². The van der Waals surface area contributed by atoms with Crippen molar-refractivity contribution in [3.8, 4) is 0 Å². The van der Waals surface area contributed by atoms with Crippen molar-refractivity contribution in [2.24, 2.45) is 4.99 Å². The molecule has 8 nitrogen and oxygen atoms in total. The Labute approximate surface area is 148 Å². The molecule has 1 aromatic heterocycles. The monoisotopic (exact) mass is 348 g/mol. The molecule has 0 atom stereocenters. The third-order valence-electron chi connectivity index (χ3n) is 4.51. The van der Waals surface area contributed by atoms with Gasteiger partial charge in [-0.05, 0) is 19.8 Å². The number of hydrogen-bond donors (Lipinski definition) is 1. The largest absolute Gasteiger partial charge is 0.361 e. The molecule has 1 aromatic rings. The molecule has 25 heavy (non-hydrogen) atoms. The van der Waals surface area contributed by atoms with Gasteiger partial charge in [0, 0.05) is 58.9 Å². The third-order valence-corrected chi connectivity index (χ3v) is 4.51. The predicted molar refractivity (Wildman–Crippen MR) is 95.2 cm³/mol. The topological polar surface area (TPSA) is 77.2 Å². The van der Waals surface area contributed by atoms with Gasteiger partial charge in [0.25, 0.3) is 0 Å². The van der Waals surface area contributed by atoms with E-state index in [0.717, 1.165) is 50.1 Å². The SMILES string of the molecule is Cc1cc(CN2CCN(C(=NCC(=O)N(C)C)NC3CC3)CC2)no1. The summed E-state index contributed by atoms with van der Waals surface area (Å²) < 4.78 is 5.14. The summed E-state index contributed by atoms with van der Waals surface area (Å²) in [4.78, 5) is 22.6. The highest BCUT2D eigenvalue weighted by molar-refractivity contribution is 5.85. The van der Waals surface area contributed by atoms with Gasteiger partial charge < -0.3 is 19.6 Å². The molecule has 3 rings (SSSR count). The average Bonchev–Trinajstić information content (AvgIpc) is 3.32. The zero-order valence-electron chi connectivity index (χ0n) is 15.4. The molecule has 8 heteroatoms. The molecule has 1 saturated heterocycles. The Morgan fingerprint density at radius 1 is 1.36 bits per heavy atom. The van der Waals surface area contributed by atoms with E-state index in [-0.39, 0.29) is 12.5 Å². The molecule has 0 spiro atoms. The van der Waals surface area contributed by atoms with Crippen molar-refractivity contribution in [2.45, 2.75) is 32.4 Å². The molecule has 0 bridgehead atoms. The van der Waals surface area contributed by atoms with Crippen molar-refractivity contribution in [1.82, 2.24) is 25.2 Å². The smallest absolute Gasteiger partial charge is 0.243 e. The van der Waals surface area contributed by atoms with E-state index in [9.17, 15) is 4.79 Å². The Morgan fingerprint density at radius 2 is 2.08 bits per heavy atom. The summed E-state index contributed by atoms with van der Waals surface area (Å²) in [5, 5.41) is 7.55. The van der Waals surface area contributed by atoms with Crippen LogP contribution in [-0.2, 0) is 11.3 Å². The first kappa shape index (κ1) is 17.7. The van der Waals surface area contributed by atoms with Gasteiger partial charge in [-0.1, -0.05) is 5.16 Å². The number of carbonyl (C=O) groups is 1. The Bertz CT molecular complexity index is 614. The van der Waals surface area contributed by atoms with Crippen LogP contribution in [0.1, 0.15) is 24.3 Å². The Morgan fingerprint density at radius 3 is 2.64 bits per heavy atom. The van der Waals surface area contributed by atoms with Gasteiger partial charge >= 0.3 is 0 Å². The Hall–Kier alpha value is -2.09. The van der Waals surface area contributed by atoms with Crippen molar-refractivity contribution >= 4 is 11.9 Å². The van der Waals surface area contributed by atoms with E-state index >= 15 is 0 Å². The summed E-state index contributed by atoms with van der Waals surface area (Å²) in [7, 11) is 3.52. The molecule has 2 heterocycles. The maximum Gasteiger partial charge on any atom is 0.243 e. The average molecular weight is 348 g/mol. The lowest BCUT2D eigenvalue weighted by Gasteiger charge is -2.36. The van der Waals surface area contributed by atoms with E-state index in [1.54, 1.807) is 19.0 Å². The highest BCUT2D eigenvalue weighted by Crippen LogP contribution is 2.19. The number of piperazine rings is 1. The number of aliphatic imine (C=N–C) groups is 1. The summed E-state index contributed by atoms with van der Waals surface area (Å²) in [6, 6.07) is 2.50. The van der Waals surface area contributed by atoms with Gasteiger partial charge in [0.2, 0.25) is 5.91 Å². The fourth-order valence-corrected chi connectivity index (χ4v) is 2.77. The lowest BCUT2D eigenvalue weighted by atomic mass is 10.3. The molecule has 0 aromatic carbocycles. The maximum atomic E-state index is 11.8. The standard InChI is InChI=1S/C17H28N6O2/c1-13-10-15(20-25-13)12-22-6-8-23(9-7-22)17(19-14-4-5-14)18-11-16(24)21(2)3/h10,14H,4-9,11-12H2,1-3H3,(H,18,19). The molecular weight excluding hydrogens is 320 g/mol. The van der Waals surface area contributed by atoms with Crippen LogP contribution >= 0.6 is 0 Å². The first-order valence-corrected chi connectivity index (χ1v) is 8.92. The first-order valence-electron chi connectivity index (χ1n) is 8.92. The number of rotatable bonds is 5. The van der Waals surface area contributed by atoms with Crippen molar-refractivity contribution in [3.63, 3.8) is 0 Å². The second kappa shape index (κ2) is 7.86. The van der Waals surface area contributed by atoms with Crippen LogP contribution in [0.5, 0.6) is 0 Å². The van der Waals surface area contributed by atoms with Crippen LogP contribution in [0.3, 0.4) is 0 Å². The van der Waals surface area contributed by atoms with E-state index in [0.29, 0.717) is 6.04 Å². The number of carbonyl (C=O) groups excluding carboxylic acids is 1. The summed E-state index contributed by atoms with van der Waals surface area (Å²) in [5.41, 5.74) is 0.979. The molecule has 2 aliphatic rings. The van der Waals surface area contributed by atoms with Crippen LogP contribution in [0.2, 0.25) is 0 Å². The number of likely N-dealkylation sites (N-methyl/N-ethyl adjacent to an activating group) is 1. The lowest BCUT2D eigenvalue weighted by Crippen LogP contribution is -2.52. The number of guanidine groups is 1. The zero-order valence-corrected chi connectivity index (χ0v) is 15.4. The minimum Gasteiger partial charge on any atom is -0.361 e. The van der Waals surface area contributed by atoms with E-state index < -0.39 is 0 Å².